The Morgan fingerprint density at radius 2 is 1.09 bits per heavy atom. The molecule has 0 aliphatic rings. The molecule has 0 fully saturated rings. The summed E-state index contributed by atoms with van der Waals surface area (Å²) in [6, 6.07) is 42.2. The fourth-order valence-corrected chi connectivity index (χ4v) is 6.09. The Labute approximate surface area is 275 Å². The van der Waals surface area contributed by atoms with Crippen LogP contribution in [-0.2, 0) is 9.59 Å². The number of fused-ring (bicyclic) bond motifs is 3. The van der Waals surface area contributed by atoms with Gasteiger partial charge in [0.15, 0.2) is 11.4 Å². The number of rotatable bonds is 8. The van der Waals surface area contributed by atoms with Gasteiger partial charge in [0.1, 0.15) is 0 Å². The Hall–Kier alpha value is -5.33. The van der Waals surface area contributed by atoms with Crippen molar-refractivity contribution in [2.75, 3.05) is 25.0 Å². The molecule has 5 nitrogen and oxygen atoms in total. The average Bonchev–Trinajstić information content (AvgIpc) is 3.10. The van der Waals surface area contributed by atoms with Gasteiger partial charge in [-0.25, -0.2) is 0 Å². The third-order valence-electron chi connectivity index (χ3n) is 8.38. The van der Waals surface area contributed by atoms with E-state index in [1.807, 2.05) is 44.0 Å². The van der Waals surface area contributed by atoms with Gasteiger partial charge in [-0.2, -0.15) is 0 Å². The van der Waals surface area contributed by atoms with E-state index in [2.05, 4.69) is 108 Å². The van der Waals surface area contributed by atoms with Crippen LogP contribution in [0.3, 0.4) is 0 Å². The molecule has 1 amide bonds. The first kappa shape index (κ1) is 30.7. The van der Waals surface area contributed by atoms with E-state index < -0.39 is 5.91 Å². The molecule has 0 atom stereocenters. The molecule has 0 saturated heterocycles. The van der Waals surface area contributed by atoms with Crippen LogP contribution < -0.4 is 4.90 Å². The second-order valence-corrected chi connectivity index (χ2v) is 11.6. The minimum atomic E-state index is -0.403. The highest BCUT2D eigenvalue weighted by atomic mass is 32.1. The molecule has 6 aromatic rings. The summed E-state index contributed by atoms with van der Waals surface area (Å²) in [6.45, 7) is 4.85. The van der Waals surface area contributed by atoms with Crippen molar-refractivity contribution in [3.8, 4) is 0 Å². The number of anilines is 3. The van der Waals surface area contributed by atoms with E-state index in [-0.39, 0.29) is 5.57 Å². The molecule has 0 bridgehead atoms. The van der Waals surface area contributed by atoms with Crippen LogP contribution in [0.5, 0.6) is 0 Å². The highest BCUT2D eigenvalue weighted by Crippen LogP contribution is 2.38. The maximum absolute atomic E-state index is 13.3. The normalized spacial score (nSPS) is 11.5. The van der Waals surface area contributed by atoms with E-state index in [0.29, 0.717) is 24.5 Å². The van der Waals surface area contributed by atoms with Gasteiger partial charge in [0.2, 0.25) is 0 Å². The predicted octanol–water partition coefficient (Wildman–Crippen LogP) is 9.28. The summed E-state index contributed by atoms with van der Waals surface area (Å²) >= 11 is 5.50. The zero-order valence-corrected chi connectivity index (χ0v) is 27.0. The highest BCUT2D eigenvalue weighted by Gasteiger charge is 2.22. The van der Waals surface area contributed by atoms with Gasteiger partial charge in [0.25, 0.3) is 5.91 Å². The van der Waals surface area contributed by atoms with Gasteiger partial charge in [0, 0.05) is 37.2 Å². The summed E-state index contributed by atoms with van der Waals surface area (Å²) in [5.41, 5.74) is 3.98. The monoisotopic (exact) mass is 621 g/mol. The van der Waals surface area contributed by atoms with Gasteiger partial charge in [-0.3, -0.25) is 14.5 Å². The molecule has 0 aliphatic carbocycles. The van der Waals surface area contributed by atoms with E-state index in [1.165, 1.54) is 26.4 Å². The molecule has 0 saturated carbocycles. The highest BCUT2D eigenvalue weighted by molar-refractivity contribution is 7.80. The van der Waals surface area contributed by atoms with Gasteiger partial charge in [-0.1, -0.05) is 78.9 Å². The quantitative estimate of drug-likeness (QED) is 0.0557. The van der Waals surface area contributed by atoms with Crippen molar-refractivity contribution in [1.82, 2.24) is 9.80 Å². The minimum absolute atomic E-state index is 0.0588. The lowest BCUT2D eigenvalue weighted by atomic mass is 10.0. The molecule has 228 valence electrons. The third kappa shape index (κ3) is 6.12. The molecule has 46 heavy (non-hydrogen) atoms. The number of hydrogen-bond acceptors (Lipinski definition) is 4. The lowest BCUT2D eigenvalue weighted by Crippen LogP contribution is -2.45. The van der Waals surface area contributed by atoms with Crippen LogP contribution in [0.2, 0.25) is 0 Å². The SMILES string of the molecule is CCN(C)C(=S)N(CC)C(=O)/C(C=O)=C\c1ccc2cc(N(c3ccc4ccccc4c3)c3ccc4ccccc4c3)ccc2c1. The van der Waals surface area contributed by atoms with Gasteiger partial charge in [-0.05, 0) is 112 Å². The van der Waals surface area contributed by atoms with E-state index in [0.717, 1.165) is 33.4 Å². The number of amides is 1. The van der Waals surface area contributed by atoms with Crippen molar-refractivity contribution in [2.45, 2.75) is 13.8 Å². The second-order valence-electron chi connectivity index (χ2n) is 11.3. The van der Waals surface area contributed by atoms with Gasteiger partial charge in [0.05, 0.1) is 5.57 Å². The number of thiocarbonyl (C=S) groups is 1. The summed E-state index contributed by atoms with van der Waals surface area (Å²) in [6.07, 6.45) is 2.24. The fourth-order valence-electron chi connectivity index (χ4n) is 5.75. The summed E-state index contributed by atoms with van der Waals surface area (Å²) in [5.74, 6) is -0.403. The number of hydrogen-bond donors (Lipinski definition) is 0. The van der Waals surface area contributed by atoms with Crippen LogP contribution in [-0.4, -0.2) is 47.2 Å². The Morgan fingerprint density at radius 1 is 0.630 bits per heavy atom. The van der Waals surface area contributed by atoms with Crippen molar-refractivity contribution in [3.05, 3.63) is 132 Å². The molecule has 0 aromatic heterocycles. The number of benzene rings is 6. The zero-order chi connectivity index (χ0) is 32.2. The number of likely N-dealkylation sites (N-methyl/N-ethyl adjacent to an activating group) is 1. The fraction of sp³-hybridized carbons (Fsp3) is 0.125. The molecule has 0 spiro atoms. The van der Waals surface area contributed by atoms with E-state index in [4.69, 9.17) is 12.2 Å². The molecular formula is C40H35N3O2S. The molecule has 0 aliphatic heterocycles. The Bertz CT molecular complexity index is 2060. The number of aldehydes is 1. The maximum Gasteiger partial charge on any atom is 0.263 e. The molecule has 0 heterocycles. The minimum Gasteiger partial charge on any atom is -0.352 e. The molecule has 0 N–H and O–H groups in total. The topological polar surface area (TPSA) is 43.9 Å². The summed E-state index contributed by atoms with van der Waals surface area (Å²) in [5, 5.41) is 7.18. The molecule has 6 heteroatoms. The maximum atomic E-state index is 13.3. The molecular weight excluding hydrogens is 587 g/mol. The summed E-state index contributed by atoms with van der Waals surface area (Å²) < 4.78 is 0. The van der Waals surface area contributed by atoms with Crippen molar-refractivity contribution in [3.63, 3.8) is 0 Å². The Morgan fingerprint density at radius 3 is 1.59 bits per heavy atom. The van der Waals surface area contributed by atoms with Gasteiger partial charge < -0.3 is 9.80 Å². The second kappa shape index (κ2) is 13.3. The largest absolute Gasteiger partial charge is 0.352 e. The lowest BCUT2D eigenvalue weighted by molar-refractivity contribution is -0.124. The van der Waals surface area contributed by atoms with Crippen LogP contribution in [0, 0.1) is 0 Å². The first-order valence-corrected chi connectivity index (χ1v) is 15.9. The van der Waals surface area contributed by atoms with E-state index >= 15 is 0 Å². The van der Waals surface area contributed by atoms with Crippen molar-refractivity contribution < 1.29 is 9.59 Å². The van der Waals surface area contributed by atoms with Gasteiger partial charge in [-0.15, -0.1) is 0 Å². The Kier molecular flexibility index (Phi) is 8.90. The first-order chi connectivity index (χ1) is 22.4. The van der Waals surface area contributed by atoms with Crippen LogP contribution in [0.25, 0.3) is 38.4 Å². The third-order valence-corrected chi connectivity index (χ3v) is 8.91. The summed E-state index contributed by atoms with van der Waals surface area (Å²) in [4.78, 5) is 30.9. The van der Waals surface area contributed by atoms with Crippen LogP contribution >= 0.6 is 12.2 Å². The van der Waals surface area contributed by atoms with Crippen LogP contribution in [0.1, 0.15) is 19.4 Å². The van der Waals surface area contributed by atoms with Crippen LogP contribution in [0.4, 0.5) is 17.1 Å². The summed E-state index contributed by atoms with van der Waals surface area (Å²) in [7, 11) is 1.83. The molecule has 0 radical (unpaired) electrons. The van der Waals surface area contributed by atoms with E-state index in [9.17, 15) is 9.59 Å². The number of carbonyl (C=O) groups excluding carboxylic acids is 2. The van der Waals surface area contributed by atoms with Crippen molar-refractivity contribution in [1.29, 1.82) is 0 Å². The molecule has 6 aromatic carbocycles. The van der Waals surface area contributed by atoms with Crippen molar-refractivity contribution in [2.24, 2.45) is 0 Å². The number of carbonyl (C=O) groups is 2. The average molecular weight is 622 g/mol. The zero-order valence-electron chi connectivity index (χ0n) is 26.2. The first-order valence-electron chi connectivity index (χ1n) is 15.5. The van der Waals surface area contributed by atoms with Gasteiger partial charge >= 0.3 is 0 Å². The van der Waals surface area contributed by atoms with Crippen LogP contribution in [0.15, 0.2) is 127 Å². The van der Waals surface area contributed by atoms with E-state index in [1.54, 1.807) is 6.08 Å². The molecule has 6 rings (SSSR count). The lowest BCUT2D eigenvalue weighted by Gasteiger charge is -2.28. The van der Waals surface area contributed by atoms with Crippen molar-refractivity contribution >= 4 is 85.0 Å². The number of nitrogens with zero attached hydrogens (tertiary/aromatic N) is 3. The molecule has 0 unspecified atom stereocenters. The smallest absolute Gasteiger partial charge is 0.263 e. The standard InChI is InChI=1S/C40H35N3O2S/c1-4-41(3)40(46)42(5-2)39(45)35(27-44)23-28-14-15-34-26-38(21-18-33(34)22-28)43(36-19-16-29-10-6-8-12-31(29)24-36)37-20-17-30-11-7-9-13-32(30)25-37/h6-27H,4-5H2,1-3H3/b35-23-. The Balaban J connectivity index is 1.39. The predicted molar refractivity (Wildman–Crippen MR) is 196 cm³/mol.